The Morgan fingerprint density at radius 1 is 1.00 bits per heavy atom. The molecule has 1 aromatic carbocycles. The van der Waals surface area contributed by atoms with Gasteiger partial charge in [0, 0.05) is 6.26 Å². The highest BCUT2D eigenvalue weighted by atomic mass is 32.2. The van der Waals surface area contributed by atoms with Crippen molar-refractivity contribution in [3.05, 3.63) is 42.0 Å². The Balaban J connectivity index is 2.55. The molecular weight excluding hydrogens is 272 g/mol. The van der Waals surface area contributed by atoms with E-state index in [1.807, 2.05) is 30.3 Å². The SMILES string of the molecule is CS(=O)(=O)CCS(=O)(=O)CC=Cc1ccccc1. The lowest BCUT2D eigenvalue weighted by atomic mass is 10.2. The summed E-state index contributed by atoms with van der Waals surface area (Å²) in [6.07, 6.45) is 4.27. The standard InChI is InChI=1S/C12H16O4S2/c1-17(13,14)10-11-18(15,16)9-5-8-12-6-3-2-4-7-12/h2-8H,9-11H2,1H3. The minimum Gasteiger partial charge on any atom is -0.229 e. The van der Waals surface area contributed by atoms with Crippen molar-refractivity contribution in [2.45, 2.75) is 0 Å². The second-order valence-corrected chi connectivity index (χ2v) is 8.55. The van der Waals surface area contributed by atoms with Gasteiger partial charge >= 0.3 is 0 Å². The molecular formula is C12H16O4S2. The smallest absolute Gasteiger partial charge is 0.154 e. The van der Waals surface area contributed by atoms with Crippen LogP contribution in [0, 0.1) is 0 Å². The normalized spacial score (nSPS) is 12.9. The van der Waals surface area contributed by atoms with Crippen LogP contribution in [0.2, 0.25) is 0 Å². The van der Waals surface area contributed by atoms with E-state index in [1.54, 1.807) is 6.08 Å². The van der Waals surface area contributed by atoms with E-state index in [0.717, 1.165) is 11.8 Å². The van der Waals surface area contributed by atoms with Crippen LogP contribution in [0.5, 0.6) is 0 Å². The molecule has 0 spiro atoms. The maximum atomic E-state index is 11.6. The maximum Gasteiger partial charge on any atom is 0.154 e. The van der Waals surface area contributed by atoms with Gasteiger partial charge in [0.15, 0.2) is 9.84 Å². The van der Waals surface area contributed by atoms with E-state index >= 15 is 0 Å². The fourth-order valence-electron chi connectivity index (χ4n) is 1.26. The molecule has 6 heteroatoms. The number of rotatable bonds is 6. The van der Waals surface area contributed by atoms with Gasteiger partial charge in [0.25, 0.3) is 0 Å². The van der Waals surface area contributed by atoms with Gasteiger partial charge in [-0.2, -0.15) is 0 Å². The van der Waals surface area contributed by atoms with E-state index in [0.29, 0.717) is 0 Å². The first kappa shape index (κ1) is 14.9. The molecule has 0 bridgehead atoms. The zero-order chi connectivity index (χ0) is 13.6. The van der Waals surface area contributed by atoms with Crippen LogP contribution in [0.15, 0.2) is 36.4 Å². The Kier molecular flexibility index (Phi) is 5.10. The lowest BCUT2D eigenvalue weighted by molar-refractivity contribution is 0.592. The Morgan fingerprint density at radius 3 is 2.17 bits per heavy atom. The highest BCUT2D eigenvalue weighted by Crippen LogP contribution is 2.02. The summed E-state index contributed by atoms with van der Waals surface area (Å²) in [6, 6.07) is 9.31. The molecule has 100 valence electrons. The topological polar surface area (TPSA) is 68.3 Å². The Hall–Kier alpha value is -1.14. The molecule has 0 saturated heterocycles. The molecule has 0 heterocycles. The summed E-state index contributed by atoms with van der Waals surface area (Å²) in [5, 5.41) is 0. The molecule has 0 aliphatic rings. The molecule has 0 saturated carbocycles. The molecule has 0 aromatic heterocycles. The lowest BCUT2D eigenvalue weighted by Gasteiger charge is -1.99. The van der Waals surface area contributed by atoms with Gasteiger partial charge in [0.2, 0.25) is 0 Å². The van der Waals surface area contributed by atoms with E-state index in [9.17, 15) is 16.8 Å². The number of sulfone groups is 2. The second-order valence-electron chi connectivity index (χ2n) is 4.06. The van der Waals surface area contributed by atoms with E-state index in [1.165, 1.54) is 6.08 Å². The van der Waals surface area contributed by atoms with Crippen molar-refractivity contribution in [1.82, 2.24) is 0 Å². The molecule has 18 heavy (non-hydrogen) atoms. The quantitative estimate of drug-likeness (QED) is 0.787. The summed E-state index contributed by atoms with van der Waals surface area (Å²) in [5.41, 5.74) is 0.913. The number of hydrogen-bond acceptors (Lipinski definition) is 4. The third-order valence-corrected chi connectivity index (χ3v) is 4.96. The first-order valence-electron chi connectivity index (χ1n) is 5.38. The molecule has 0 amide bonds. The van der Waals surface area contributed by atoms with Crippen LogP contribution in [0.3, 0.4) is 0 Å². The highest BCUT2D eigenvalue weighted by molar-refractivity contribution is 7.94. The molecule has 0 fully saturated rings. The van der Waals surface area contributed by atoms with Gasteiger partial charge in [-0.05, 0) is 5.56 Å². The Bertz CT molecular complexity index is 599. The zero-order valence-electron chi connectivity index (χ0n) is 10.1. The van der Waals surface area contributed by atoms with Gasteiger partial charge in [-0.3, -0.25) is 0 Å². The van der Waals surface area contributed by atoms with Crippen LogP contribution in [-0.2, 0) is 19.7 Å². The van der Waals surface area contributed by atoms with Gasteiger partial charge in [-0.25, -0.2) is 16.8 Å². The van der Waals surface area contributed by atoms with Gasteiger partial charge in [-0.15, -0.1) is 0 Å². The molecule has 0 radical (unpaired) electrons. The highest BCUT2D eigenvalue weighted by Gasteiger charge is 2.12. The third-order valence-electron chi connectivity index (χ3n) is 2.23. The minimum absolute atomic E-state index is 0.141. The average molecular weight is 288 g/mol. The molecule has 1 aromatic rings. The summed E-state index contributed by atoms with van der Waals surface area (Å²) < 4.78 is 44.9. The first-order valence-corrected chi connectivity index (χ1v) is 9.26. The largest absolute Gasteiger partial charge is 0.229 e. The molecule has 0 N–H and O–H groups in total. The summed E-state index contributed by atoms with van der Waals surface area (Å²) in [5.74, 6) is -0.795. The minimum atomic E-state index is -3.35. The molecule has 0 aliphatic carbocycles. The predicted molar refractivity (Wildman–Crippen MR) is 73.8 cm³/mol. The van der Waals surface area contributed by atoms with Gasteiger partial charge in [0.05, 0.1) is 17.3 Å². The van der Waals surface area contributed by atoms with Crippen LogP contribution >= 0.6 is 0 Å². The van der Waals surface area contributed by atoms with Crippen molar-refractivity contribution >= 4 is 25.8 Å². The maximum absolute atomic E-state index is 11.6. The third kappa shape index (κ3) is 6.56. The van der Waals surface area contributed by atoms with Gasteiger partial charge in [-0.1, -0.05) is 42.5 Å². The summed E-state index contributed by atoms with van der Waals surface area (Å²) in [4.78, 5) is 0. The van der Waals surface area contributed by atoms with Crippen molar-refractivity contribution in [2.75, 3.05) is 23.5 Å². The van der Waals surface area contributed by atoms with E-state index < -0.39 is 19.7 Å². The van der Waals surface area contributed by atoms with Crippen molar-refractivity contribution in [2.24, 2.45) is 0 Å². The van der Waals surface area contributed by atoms with E-state index in [-0.39, 0.29) is 17.3 Å². The molecule has 0 aliphatic heterocycles. The van der Waals surface area contributed by atoms with Crippen LogP contribution in [0.1, 0.15) is 5.56 Å². The monoisotopic (exact) mass is 288 g/mol. The number of hydrogen-bond donors (Lipinski definition) is 0. The summed E-state index contributed by atoms with van der Waals surface area (Å²) in [6.45, 7) is 0. The van der Waals surface area contributed by atoms with Crippen molar-refractivity contribution in [1.29, 1.82) is 0 Å². The molecule has 0 atom stereocenters. The van der Waals surface area contributed by atoms with Gasteiger partial charge < -0.3 is 0 Å². The Labute approximate surface area is 108 Å². The van der Waals surface area contributed by atoms with E-state index in [2.05, 4.69) is 0 Å². The van der Waals surface area contributed by atoms with Crippen molar-refractivity contribution in [3.63, 3.8) is 0 Å². The Morgan fingerprint density at radius 2 is 1.61 bits per heavy atom. The van der Waals surface area contributed by atoms with Crippen molar-refractivity contribution in [3.8, 4) is 0 Å². The van der Waals surface area contributed by atoms with Crippen molar-refractivity contribution < 1.29 is 16.8 Å². The number of benzene rings is 1. The van der Waals surface area contributed by atoms with E-state index in [4.69, 9.17) is 0 Å². The summed E-state index contributed by atoms with van der Waals surface area (Å²) >= 11 is 0. The van der Waals surface area contributed by atoms with Crippen LogP contribution in [0.4, 0.5) is 0 Å². The van der Waals surface area contributed by atoms with Crippen LogP contribution in [0.25, 0.3) is 6.08 Å². The van der Waals surface area contributed by atoms with Gasteiger partial charge in [0.1, 0.15) is 9.84 Å². The van der Waals surface area contributed by atoms with Crippen LogP contribution < -0.4 is 0 Å². The molecule has 0 unspecified atom stereocenters. The lowest BCUT2D eigenvalue weighted by Crippen LogP contribution is -2.17. The fourth-order valence-corrected chi connectivity index (χ4v) is 4.04. The molecule has 1 rings (SSSR count). The predicted octanol–water partition coefficient (Wildman–Crippen LogP) is 1.16. The summed E-state index contributed by atoms with van der Waals surface area (Å²) in [7, 11) is -6.59. The second kappa shape index (κ2) is 6.15. The molecule has 4 nitrogen and oxygen atoms in total. The fraction of sp³-hybridized carbons (Fsp3) is 0.333. The first-order chi connectivity index (χ1) is 8.29. The average Bonchev–Trinajstić information content (AvgIpc) is 2.27. The van der Waals surface area contributed by atoms with Crippen LogP contribution in [-0.4, -0.2) is 40.3 Å². The zero-order valence-corrected chi connectivity index (χ0v) is 11.7.